The lowest BCUT2D eigenvalue weighted by Gasteiger charge is -2.38. The molecule has 98 valence electrons. The van der Waals surface area contributed by atoms with E-state index in [9.17, 15) is 9.18 Å². The standard InChI is InChI=1S/C14H17BrFNO/c1-14(2)6-3-7-17(9-14)13(18)11-5-4-10(16)8-12(11)15/h4-5,8H,3,6-7,9H2,1-2H3. The van der Waals surface area contributed by atoms with Gasteiger partial charge >= 0.3 is 0 Å². The Labute approximate surface area is 115 Å². The van der Waals surface area contributed by atoms with Crippen molar-refractivity contribution in [1.29, 1.82) is 0 Å². The molecule has 0 radical (unpaired) electrons. The SMILES string of the molecule is CC1(C)CCCN(C(=O)c2ccc(F)cc2Br)C1. The molecule has 0 atom stereocenters. The molecular formula is C14H17BrFNO. The summed E-state index contributed by atoms with van der Waals surface area (Å²) in [6, 6.07) is 4.21. The molecule has 0 spiro atoms. The third-order valence-corrected chi connectivity index (χ3v) is 4.01. The maximum absolute atomic E-state index is 13.0. The maximum atomic E-state index is 13.0. The molecular weight excluding hydrogens is 297 g/mol. The molecule has 0 aliphatic carbocycles. The Bertz CT molecular complexity index is 473. The van der Waals surface area contributed by atoms with Gasteiger partial charge in [0.05, 0.1) is 5.56 Å². The van der Waals surface area contributed by atoms with Crippen molar-refractivity contribution in [3.05, 3.63) is 34.1 Å². The molecule has 0 saturated carbocycles. The second-order valence-electron chi connectivity index (χ2n) is 5.62. The number of nitrogens with zero attached hydrogens (tertiary/aromatic N) is 1. The number of carbonyl (C=O) groups is 1. The number of benzene rings is 1. The number of hydrogen-bond acceptors (Lipinski definition) is 1. The first-order chi connectivity index (χ1) is 8.39. The fourth-order valence-corrected chi connectivity index (χ4v) is 2.95. The lowest BCUT2D eigenvalue weighted by molar-refractivity contribution is 0.0582. The van der Waals surface area contributed by atoms with Crippen molar-refractivity contribution in [3.63, 3.8) is 0 Å². The van der Waals surface area contributed by atoms with Crippen LogP contribution in [-0.4, -0.2) is 23.9 Å². The zero-order chi connectivity index (χ0) is 13.3. The van der Waals surface area contributed by atoms with Crippen molar-refractivity contribution < 1.29 is 9.18 Å². The second-order valence-corrected chi connectivity index (χ2v) is 6.47. The van der Waals surface area contributed by atoms with Crippen LogP contribution in [0.15, 0.2) is 22.7 Å². The Morgan fingerprint density at radius 2 is 2.17 bits per heavy atom. The first-order valence-electron chi connectivity index (χ1n) is 6.13. The number of halogens is 2. The summed E-state index contributed by atoms with van der Waals surface area (Å²) in [4.78, 5) is 14.3. The van der Waals surface area contributed by atoms with Crippen LogP contribution in [-0.2, 0) is 0 Å². The summed E-state index contributed by atoms with van der Waals surface area (Å²) in [5.41, 5.74) is 0.703. The normalized spacial score (nSPS) is 18.8. The van der Waals surface area contributed by atoms with Crippen molar-refractivity contribution in [2.75, 3.05) is 13.1 Å². The summed E-state index contributed by atoms with van der Waals surface area (Å²) in [5, 5.41) is 0. The summed E-state index contributed by atoms with van der Waals surface area (Å²) in [5.74, 6) is -0.355. The Morgan fingerprint density at radius 1 is 1.44 bits per heavy atom. The third-order valence-electron chi connectivity index (χ3n) is 3.35. The number of amides is 1. The second kappa shape index (κ2) is 5.00. The number of carbonyl (C=O) groups excluding carboxylic acids is 1. The summed E-state index contributed by atoms with van der Waals surface area (Å²) in [6.07, 6.45) is 2.17. The molecule has 0 aromatic heterocycles. The Morgan fingerprint density at radius 3 is 2.78 bits per heavy atom. The molecule has 1 amide bonds. The van der Waals surface area contributed by atoms with Gasteiger partial charge in [-0.15, -0.1) is 0 Å². The molecule has 1 heterocycles. The lowest BCUT2D eigenvalue weighted by Crippen LogP contribution is -2.43. The van der Waals surface area contributed by atoms with E-state index in [0.29, 0.717) is 10.0 Å². The Balaban J connectivity index is 2.20. The Kier molecular flexibility index (Phi) is 3.76. The molecule has 0 N–H and O–H groups in total. The van der Waals surface area contributed by atoms with Crippen molar-refractivity contribution in [2.45, 2.75) is 26.7 Å². The molecule has 0 bridgehead atoms. The van der Waals surface area contributed by atoms with Gasteiger partial charge in [0.15, 0.2) is 0 Å². The molecule has 18 heavy (non-hydrogen) atoms. The predicted molar refractivity (Wildman–Crippen MR) is 73.0 cm³/mol. The van der Waals surface area contributed by atoms with Crippen molar-refractivity contribution in [1.82, 2.24) is 4.90 Å². The predicted octanol–water partition coefficient (Wildman–Crippen LogP) is 3.85. The average Bonchev–Trinajstić information content (AvgIpc) is 2.27. The quantitative estimate of drug-likeness (QED) is 0.771. The number of rotatable bonds is 1. The van der Waals surface area contributed by atoms with Crippen molar-refractivity contribution in [3.8, 4) is 0 Å². The van der Waals surface area contributed by atoms with E-state index in [1.807, 2.05) is 4.90 Å². The minimum atomic E-state index is -0.336. The minimum absolute atomic E-state index is 0.0188. The van der Waals surface area contributed by atoms with Gasteiger partial charge in [-0.05, 0) is 52.4 Å². The molecule has 1 aromatic carbocycles. The smallest absolute Gasteiger partial charge is 0.255 e. The number of piperidine rings is 1. The van der Waals surface area contributed by atoms with Gasteiger partial charge < -0.3 is 4.90 Å². The van der Waals surface area contributed by atoms with E-state index in [1.54, 1.807) is 6.07 Å². The molecule has 1 aromatic rings. The highest BCUT2D eigenvalue weighted by molar-refractivity contribution is 9.10. The number of hydrogen-bond donors (Lipinski definition) is 0. The zero-order valence-electron chi connectivity index (χ0n) is 10.7. The zero-order valence-corrected chi connectivity index (χ0v) is 12.3. The highest BCUT2D eigenvalue weighted by atomic mass is 79.9. The maximum Gasteiger partial charge on any atom is 0.255 e. The minimum Gasteiger partial charge on any atom is -0.338 e. The van der Waals surface area contributed by atoms with E-state index in [4.69, 9.17) is 0 Å². The van der Waals surface area contributed by atoms with Crippen LogP contribution in [0.1, 0.15) is 37.0 Å². The van der Waals surface area contributed by atoms with Crippen LogP contribution in [0.3, 0.4) is 0 Å². The molecule has 2 rings (SSSR count). The lowest BCUT2D eigenvalue weighted by atomic mass is 9.84. The largest absolute Gasteiger partial charge is 0.338 e. The molecule has 1 saturated heterocycles. The van der Waals surface area contributed by atoms with Crippen LogP contribution in [0, 0.1) is 11.2 Å². The average molecular weight is 314 g/mol. The molecule has 2 nitrogen and oxygen atoms in total. The van der Waals surface area contributed by atoms with Gasteiger partial charge in [-0.3, -0.25) is 4.79 Å². The third kappa shape index (κ3) is 2.91. The van der Waals surface area contributed by atoms with Crippen LogP contribution in [0.5, 0.6) is 0 Å². The fourth-order valence-electron chi connectivity index (χ4n) is 2.43. The van der Waals surface area contributed by atoms with Gasteiger partial charge in [-0.2, -0.15) is 0 Å². The van der Waals surface area contributed by atoms with Crippen molar-refractivity contribution >= 4 is 21.8 Å². The van der Waals surface area contributed by atoms with Crippen LogP contribution >= 0.6 is 15.9 Å². The van der Waals surface area contributed by atoms with E-state index in [1.165, 1.54) is 12.1 Å². The van der Waals surface area contributed by atoms with Gasteiger partial charge in [-0.25, -0.2) is 4.39 Å². The first kappa shape index (κ1) is 13.5. The summed E-state index contributed by atoms with van der Waals surface area (Å²) < 4.78 is 13.5. The van der Waals surface area contributed by atoms with Gasteiger partial charge in [0.25, 0.3) is 5.91 Å². The summed E-state index contributed by atoms with van der Waals surface area (Å²) >= 11 is 3.26. The van der Waals surface area contributed by atoms with Crippen molar-refractivity contribution in [2.24, 2.45) is 5.41 Å². The van der Waals surface area contributed by atoms with Crippen LogP contribution in [0.4, 0.5) is 4.39 Å². The fraction of sp³-hybridized carbons (Fsp3) is 0.500. The molecule has 1 fully saturated rings. The first-order valence-corrected chi connectivity index (χ1v) is 6.93. The van der Waals surface area contributed by atoms with E-state index < -0.39 is 0 Å². The van der Waals surface area contributed by atoms with Gasteiger partial charge in [0, 0.05) is 17.6 Å². The summed E-state index contributed by atoms with van der Waals surface area (Å²) in [6.45, 7) is 5.89. The summed E-state index contributed by atoms with van der Waals surface area (Å²) in [7, 11) is 0. The topological polar surface area (TPSA) is 20.3 Å². The molecule has 1 aliphatic rings. The molecule has 4 heteroatoms. The van der Waals surface area contributed by atoms with Crippen LogP contribution in [0.25, 0.3) is 0 Å². The van der Waals surface area contributed by atoms with Gasteiger partial charge in [-0.1, -0.05) is 13.8 Å². The van der Waals surface area contributed by atoms with E-state index >= 15 is 0 Å². The van der Waals surface area contributed by atoms with E-state index in [2.05, 4.69) is 29.8 Å². The van der Waals surface area contributed by atoms with Gasteiger partial charge in [0.2, 0.25) is 0 Å². The molecule has 1 aliphatic heterocycles. The van der Waals surface area contributed by atoms with E-state index in [0.717, 1.165) is 25.9 Å². The monoisotopic (exact) mass is 313 g/mol. The Hall–Kier alpha value is -0.900. The number of likely N-dealkylation sites (tertiary alicyclic amines) is 1. The molecule has 0 unspecified atom stereocenters. The highest BCUT2D eigenvalue weighted by Gasteiger charge is 2.30. The van der Waals surface area contributed by atoms with Gasteiger partial charge in [0.1, 0.15) is 5.82 Å². The van der Waals surface area contributed by atoms with Crippen LogP contribution < -0.4 is 0 Å². The highest BCUT2D eigenvalue weighted by Crippen LogP contribution is 2.30. The van der Waals surface area contributed by atoms with Crippen LogP contribution in [0.2, 0.25) is 0 Å². The van der Waals surface area contributed by atoms with E-state index in [-0.39, 0.29) is 17.1 Å².